The number of aromatic hydroxyl groups is 4. The molecule has 12 heteroatoms. The van der Waals surface area contributed by atoms with Crippen LogP contribution in [0.1, 0.15) is 28.9 Å². The predicted octanol–water partition coefficient (Wildman–Crippen LogP) is -0.642. The molecular weight excluding hydrogens is 444 g/mol. The fourth-order valence-corrected chi connectivity index (χ4v) is 3.81. The number of carbonyl (C=O) groups is 1. The molecule has 2 aliphatic rings. The number of benzene rings is 2. The highest BCUT2D eigenvalue weighted by Gasteiger charge is 2.57. The van der Waals surface area contributed by atoms with E-state index in [4.69, 9.17) is 14.2 Å². The number of phenolic OH excluding ortho intramolecular Hbond substituents is 4. The standard InChI is InChI=1S/C21H22O12/c1-7-15(26)16(27)17(28)20(31-7)33-21(30)18(29)14-12(25)5-9(22)6-13(14)32-19(21)8-2-3-10(23)11(24)4-8/h2-7,15-17,19-20,22-28,30H,1H3/t7-,15-,16+,17+,19+,20-,21-/m0/s1. The number of aliphatic hydroxyl groups is 4. The molecular formula is C21H22O12. The summed E-state index contributed by atoms with van der Waals surface area (Å²) in [6.07, 6.45) is -9.77. The quantitative estimate of drug-likeness (QED) is 0.210. The minimum Gasteiger partial charge on any atom is -0.508 e. The molecule has 0 unspecified atom stereocenters. The minimum absolute atomic E-state index is 0.0754. The molecule has 7 atom stereocenters. The van der Waals surface area contributed by atoms with Gasteiger partial charge in [-0.25, -0.2) is 0 Å². The van der Waals surface area contributed by atoms with Gasteiger partial charge in [0.05, 0.1) is 6.10 Å². The molecule has 178 valence electrons. The van der Waals surface area contributed by atoms with Gasteiger partial charge in [-0.15, -0.1) is 0 Å². The zero-order valence-electron chi connectivity index (χ0n) is 17.1. The Hall–Kier alpha value is -3.13. The summed E-state index contributed by atoms with van der Waals surface area (Å²) in [6.45, 7) is 1.36. The Kier molecular flexibility index (Phi) is 5.60. The first-order valence-corrected chi connectivity index (χ1v) is 9.83. The number of ketones is 1. The van der Waals surface area contributed by atoms with Crippen molar-refractivity contribution in [2.24, 2.45) is 0 Å². The average Bonchev–Trinajstić information content (AvgIpc) is 2.74. The molecule has 2 heterocycles. The van der Waals surface area contributed by atoms with Crippen LogP contribution in [0.15, 0.2) is 30.3 Å². The Balaban J connectivity index is 1.82. The molecule has 2 aromatic carbocycles. The lowest BCUT2D eigenvalue weighted by Gasteiger charge is -2.45. The Morgan fingerprint density at radius 1 is 0.909 bits per heavy atom. The van der Waals surface area contributed by atoms with Crippen LogP contribution in [0.3, 0.4) is 0 Å². The average molecular weight is 466 g/mol. The highest BCUT2D eigenvalue weighted by atomic mass is 16.8. The smallest absolute Gasteiger partial charge is 0.276 e. The summed E-state index contributed by atoms with van der Waals surface area (Å²) in [4.78, 5) is 13.4. The van der Waals surface area contributed by atoms with Crippen LogP contribution >= 0.6 is 0 Å². The number of hydrogen-bond donors (Lipinski definition) is 8. The molecule has 2 aromatic rings. The highest BCUT2D eigenvalue weighted by Crippen LogP contribution is 2.48. The number of fused-ring (bicyclic) bond motifs is 1. The topological polar surface area (TPSA) is 207 Å². The fraction of sp³-hybridized carbons (Fsp3) is 0.381. The van der Waals surface area contributed by atoms with Crippen LogP contribution in [0.25, 0.3) is 0 Å². The third-order valence-corrected chi connectivity index (χ3v) is 5.63. The van der Waals surface area contributed by atoms with E-state index >= 15 is 0 Å². The van der Waals surface area contributed by atoms with Crippen LogP contribution in [0.5, 0.6) is 28.7 Å². The molecule has 0 saturated carbocycles. The van der Waals surface area contributed by atoms with Gasteiger partial charge in [0, 0.05) is 17.7 Å². The number of phenols is 4. The van der Waals surface area contributed by atoms with E-state index < -0.39 is 76.9 Å². The Labute approximate surface area is 186 Å². The van der Waals surface area contributed by atoms with Gasteiger partial charge in [-0.3, -0.25) is 4.79 Å². The van der Waals surface area contributed by atoms with Crippen LogP contribution in [0, 0.1) is 0 Å². The number of carbonyl (C=O) groups excluding carboxylic acids is 1. The normalized spacial score (nSPS) is 33.9. The van der Waals surface area contributed by atoms with Gasteiger partial charge in [0.1, 0.15) is 41.1 Å². The molecule has 33 heavy (non-hydrogen) atoms. The van der Waals surface area contributed by atoms with Crippen LogP contribution in [0.4, 0.5) is 0 Å². The maximum Gasteiger partial charge on any atom is 0.276 e. The van der Waals surface area contributed by atoms with Crippen molar-refractivity contribution in [2.75, 3.05) is 0 Å². The van der Waals surface area contributed by atoms with Crippen LogP contribution in [0.2, 0.25) is 0 Å². The van der Waals surface area contributed by atoms with E-state index in [0.29, 0.717) is 0 Å². The molecule has 1 fully saturated rings. The van der Waals surface area contributed by atoms with Crippen molar-refractivity contribution >= 4 is 5.78 Å². The lowest BCUT2D eigenvalue weighted by atomic mass is 9.89. The lowest BCUT2D eigenvalue weighted by Crippen LogP contribution is -2.62. The fourth-order valence-electron chi connectivity index (χ4n) is 3.81. The van der Waals surface area contributed by atoms with E-state index in [0.717, 1.165) is 24.3 Å². The lowest BCUT2D eigenvalue weighted by molar-refractivity contribution is -0.357. The number of rotatable bonds is 3. The van der Waals surface area contributed by atoms with Crippen molar-refractivity contribution in [1.82, 2.24) is 0 Å². The zero-order valence-corrected chi connectivity index (χ0v) is 17.1. The third-order valence-electron chi connectivity index (χ3n) is 5.63. The first-order chi connectivity index (χ1) is 15.4. The van der Waals surface area contributed by atoms with E-state index in [-0.39, 0.29) is 11.3 Å². The molecule has 0 amide bonds. The van der Waals surface area contributed by atoms with Gasteiger partial charge in [-0.1, -0.05) is 6.07 Å². The van der Waals surface area contributed by atoms with Crippen LogP contribution in [-0.2, 0) is 9.47 Å². The summed E-state index contributed by atoms with van der Waals surface area (Å²) in [7, 11) is 0. The van der Waals surface area contributed by atoms with E-state index in [1.54, 1.807) is 0 Å². The van der Waals surface area contributed by atoms with Crippen molar-refractivity contribution in [2.45, 2.75) is 49.5 Å². The molecule has 0 spiro atoms. The highest BCUT2D eigenvalue weighted by molar-refractivity contribution is 6.07. The molecule has 0 radical (unpaired) electrons. The van der Waals surface area contributed by atoms with Gasteiger partial charge >= 0.3 is 0 Å². The van der Waals surface area contributed by atoms with Crippen LogP contribution in [-0.4, -0.2) is 83.1 Å². The molecule has 4 rings (SSSR count). The van der Waals surface area contributed by atoms with E-state index in [2.05, 4.69) is 0 Å². The van der Waals surface area contributed by atoms with Gasteiger partial charge in [-0.2, -0.15) is 0 Å². The maximum atomic E-state index is 13.4. The van der Waals surface area contributed by atoms with Gasteiger partial charge < -0.3 is 55.1 Å². The predicted molar refractivity (Wildman–Crippen MR) is 106 cm³/mol. The number of ether oxygens (including phenoxy) is 3. The second-order valence-electron chi connectivity index (χ2n) is 7.91. The summed E-state index contributed by atoms with van der Waals surface area (Å²) in [5.74, 6) is -6.87. The molecule has 0 aromatic heterocycles. The molecule has 0 bridgehead atoms. The zero-order chi connectivity index (χ0) is 24.2. The number of hydrogen-bond acceptors (Lipinski definition) is 12. The number of aliphatic hydroxyl groups excluding tert-OH is 3. The summed E-state index contributed by atoms with van der Waals surface area (Å²) in [6, 6.07) is 5.08. The second kappa shape index (κ2) is 8.02. The van der Waals surface area contributed by atoms with E-state index in [1.807, 2.05) is 0 Å². The molecule has 8 N–H and O–H groups in total. The van der Waals surface area contributed by atoms with Crippen LogP contribution < -0.4 is 4.74 Å². The second-order valence-corrected chi connectivity index (χ2v) is 7.91. The Bertz CT molecular complexity index is 1090. The van der Waals surface area contributed by atoms with Gasteiger partial charge in [0.15, 0.2) is 23.9 Å². The van der Waals surface area contributed by atoms with Crippen molar-refractivity contribution in [1.29, 1.82) is 0 Å². The molecule has 0 aliphatic carbocycles. The molecule has 1 saturated heterocycles. The number of Topliss-reactive ketones (excluding diaryl/α,β-unsaturated/α-hetero) is 1. The third kappa shape index (κ3) is 3.72. The summed E-state index contributed by atoms with van der Waals surface area (Å²) in [5, 5.41) is 81.1. The molecule has 12 nitrogen and oxygen atoms in total. The Morgan fingerprint density at radius 3 is 2.27 bits per heavy atom. The van der Waals surface area contributed by atoms with Crippen molar-refractivity contribution in [3.63, 3.8) is 0 Å². The van der Waals surface area contributed by atoms with Gasteiger partial charge in [-0.05, 0) is 19.1 Å². The first kappa shape index (κ1) is 23.0. The van der Waals surface area contributed by atoms with E-state index in [1.165, 1.54) is 13.0 Å². The summed E-state index contributed by atoms with van der Waals surface area (Å²) < 4.78 is 16.4. The summed E-state index contributed by atoms with van der Waals surface area (Å²) in [5.41, 5.74) is -0.623. The molecule has 2 aliphatic heterocycles. The first-order valence-electron chi connectivity index (χ1n) is 9.83. The SMILES string of the molecule is C[C@@H]1O[C@@H](O[C@@]2(O)C(=O)c3c(O)cc(O)cc3O[C@@H]2c2ccc(O)c(O)c2)[C@H](O)[C@H](O)[C@H]1O. The largest absolute Gasteiger partial charge is 0.508 e. The summed E-state index contributed by atoms with van der Waals surface area (Å²) >= 11 is 0. The maximum absolute atomic E-state index is 13.4. The van der Waals surface area contributed by atoms with Crippen molar-refractivity contribution < 1.29 is 59.9 Å². The van der Waals surface area contributed by atoms with Crippen molar-refractivity contribution in [3.05, 3.63) is 41.5 Å². The minimum atomic E-state index is -3.00. The van der Waals surface area contributed by atoms with Gasteiger partial charge in [0.25, 0.3) is 5.79 Å². The monoisotopic (exact) mass is 466 g/mol. The Morgan fingerprint density at radius 2 is 1.61 bits per heavy atom. The van der Waals surface area contributed by atoms with E-state index in [9.17, 15) is 45.6 Å². The van der Waals surface area contributed by atoms with Gasteiger partial charge in [0.2, 0.25) is 5.78 Å². The van der Waals surface area contributed by atoms with Crippen molar-refractivity contribution in [3.8, 4) is 28.7 Å².